The summed E-state index contributed by atoms with van der Waals surface area (Å²) in [6.07, 6.45) is 1.38. The molecule has 4 aromatic rings. The van der Waals surface area contributed by atoms with Crippen molar-refractivity contribution in [1.82, 2.24) is 14.8 Å². The van der Waals surface area contributed by atoms with Gasteiger partial charge in [0.2, 0.25) is 0 Å². The van der Waals surface area contributed by atoms with E-state index in [9.17, 15) is 9.50 Å². The minimum Gasteiger partial charge on any atom is -0.491 e. The Morgan fingerprint density at radius 3 is 2.36 bits per heavy atom. The Labute approximate surface area is 196 Å². The normalized spacial score (nSPS) is 14.2. The molecule has 5 rings (SSSR count). The third-order valence-corrected chi connectivity index (χ3v) is 6.59. The summed E-state index contributed by atoms with van der Waals surface area (Å²) < 4.78 is 22.1. The Morgan fingerprint density at radius 1 is 0.939 bits per heavy atom. The van der Waals surface area contributed by atoms with E-state index in [1.165, 1.54) is 17.8 Å². The van der Waals surface area contributed by atoms with Crippen LogP contribution in [0.3, 0.4) is 0 Å². The molecule has 0 radical (unpaired) electrons. The SMILES string of the molecule is OC(COc1ccc(-c2ccccc2)cc1)CSc1nnc(-c2ccccc2F)n1C1CC1. The van der Waals surface area contributed by atoms with Gasteiger partial charge in [-0.3, -0.25) is 4.57 Å². The van der Waals surface area contributed by atoms with Crippen LogP contribution in [0.15, 0.2) is 84.0 Å². The molecule has 0 amide bonds. The van der Waals surface area contributed by atoms with Gasteiger partial charge in [0.1, 0.15) is 18.2 Å². The Bertz CT molecular complexity index is 1210. The van der Waals surface area contributed by atoms with Crippen LogP contribution in [-0.4, -0.2) is 38.3 Å². The van der Waals surface area contributed by atoms with Crippen LogP contribution in [0.5, 0.6) is 5.75 Å². The maximum Gasteiger partial charge on any atom is 0.191 e. The number of aromatic nitrogens is 3. The summed E-state index contributed by atoms with van der Waals surface area (Å²) in [6.45, 7) is 0.176. The summed E-state index contributed by atoms with van der Waals surface area (Å²) in [7, 11) is 0. The summed E-state index contributed by atoms with van der Waals surface area (Å²) >= 11 is 1.42. The number of halogens is 1. The largest absolute Gasteiger partial charge is 0.491 e. The zero-order chi connectivity index (χ0) is 22.6. The predicted octanol–water partition coefficient (Wildman–Crippen LogP) is 5.62. The fourth-order valence-corrected chi connectivity index (χ4v) is 4.56. The maximum absolute atomic E-state index is 14.3. The molecular formula is C26H24FN3O2S. The summed E-state index contributed by atoms with van der Waals surface area (Å²) in [5, 5.41) is 19.7. The number of aliphatic hydroxyl groups excluding tert-OH is 1. The number of benzene rings is 3. The van der Waals surface area contributed by atoms with Crippen molar-refractivity contribution in [3.8, 4) is 28.3 Å². The first-order chi connectivity index (χ1) is 16.2. The molecule has 7 heteroatoms. The third-order valence-electron chi connectivity index (χ3n) is 5.50. The summed E-state index contributed by atoms with van der Waals surface area (Å²) in [6, 6.07) is 24.9. The van der Waals surface area contributed by atoms with E-state index in [1.807, 2.05) is 47.0 Å². The van der Waals surface area contributed by atoms with Gasteiger partial charge in [-0.15, -0.1) is 10.2 Å². The molecule has 1 aliphatic rings. The van der Waals surface area contributed by atoms with E-state index in [-0.39, 0.29) is 18.5 Å². The van der Waals surface area contributed by atoms with Crippen LogP contribution in [-0.2, 0) is 0 Å². The van der Waals surface area contributed by atoms with Gasteiger partial charge in [-0.25, -0.2) is 4.39 Å². The topological polar surface area (TPSA) is 60.2 Å². The average Bonchev–Trinajstić information content (AvgIpc) is 3.61. The molecule has 1 N–H and O–H groups in total. The van der Waals surface area contributed by atoms with Gasteiger partial charge in [0.25, 0.3) is 0 Å². The second-order valence-electron chi connectivity index (χ2n) is 8.05. The molecule has 0 spiro atoms. The smallest absolute Gasteiger partial charge is 0.191 e. The molecule has 1 fully saturated rings. The van der Waals surface area contributed by atoms with Gasteiger partial charge in [0.05, 0.1) is 11.7 Å². The quantitative estimate of drug-likeness (QED) is 0.328. The minimum atomic E-state index is -0.676. The predicted molar refractivity (Wildman–Crippen MR) is 128 cm³/mol. The van der Waals surface area contributed by atoms with Crippen molar-refractivity contribution in [1.29, 1.82) is 0 Å². The molecule has 0 bridgehead atoms. The van der Waals surface area contributed by atoms with E-state index in [0.29, 0.717) is 28.0 Å². The number of thioether (sulfide) groups is 1. The van der Waals surface area contributed by atoms with Crippen LogP contribution in [0.4, 0.5) is 4.39 Å². The number of nitrogens with zero attached hydrogens (tertiary/aromatic N) is 3. The van der Waals surface area contributed by atoms with Crippen LogP contribution >= 0.6 is 11.8 Å². The van der Waals surface area contributed by atoms with Gasteiger partial charge in [-0.2, -0.15) is 0 Å². The van der Waals surface area contributed by atoms with Gasteiger partial charge in [0, 0.05) is 11.8 Å². The molecule has 1 unspecified atom stereocenters. The molecule has 1 aromatic heterocycles. The summed E-state index contributed by atoms with van der Waals surface area (Å²) in [5.41, 5.74) is 2.71. The number of aliphatic hydroxyl groups is 1. The zero-order valence-corrected chi connectivity index (χ0v) is 18.8. The van der Waals surface area contributed by atoms with Gasteiger partial charge >= 0.3 is 0 Å². The molecule has 5 nitrogen and oxygen atoms in total. The van der Waals surface area contributed by atoms with Crippen molar-refractivity contribution in [2.75, 3.05) is 12.4 Å². The van der Waals surface area contributed by atoms with E-state index < -0.39 is 6.10 Å². The molecule has 1 heterocycles. The molecular weight excluding hydrogens is 437 g/mol. The second kappa shape index (κ2) is 9.77. The molecule has 1 saturated carbocycles. The highest BCUT2D eigenvalue weighted by Crippen LogP contribution is 2.41. The first-order valence-corrected chi connectivity index (χ1v) is 12.0. The minimum absolute atomic E-state index is 0.176. The Balaban J connectivity index is 1.19. The van der Waals surface area contributed by atoms with Crippen molar-refractivity contribution in [3.63, 3.8) is 0 Å². The first kappa shape index (κ1) is 21.7. The van der Waals surface area contributed by atoms with Crippen molar-refractivity contribution in [2.24, 2.45) is 0 Å². The standard InChI is InChI=1S/C26H24FN3O2S/c27-24-9-5-4-8-23(24)25-28-29-26(30(25)20-12-13-20)33-17-21(31)16-32-22-14-10-19(11-15-22)18-6-2-1-3-7-18/h1-11,14-15,20-21,31H,12-13,16-17H2. The van der Waals surface area contributed by atoms with E-state index >= 15 is 0 Å². The number of ether oxygens (including phenoxy) is 1. The van der Waals surface area contributed by atoms with Crippen LogP contribution in [0.25, 0.3) is 22.5 Å². The van der Waals surface area contributed by atoms with E-state index in [2.05, 4.69) is 22.3 Å². The summed E-state index contributed by atoms with van der Waals surface area (Å²) in [4.78, 5) is 0. The van der Waals surface area contributed by atoms with Crippen molar-refractivity contribution < 1.29 is 14.2 Å². The average molecular weight is 462 g/mol. The lowest BCUT2D eigenvalue weighted by Crippen LogP contribution is -2.20. The van der Waals surface area contributed by atoms with Gasteiger partial charge in [-0.05, 0) is 48.2 Å². The van der Waals surface area contributed by atoms with Crippen LogP contribution in [0.2, 0.25) is 0 Å². The lowest BCUT2D eigenvalue weighted by Gasteiger charge is -2.13. The molecule has 1 atom stereocenters. The second-order valence-corrected chi connectivity index (χ2v) is 9.04. The fourth-order valence-electron chi connectivity index (χ4n) is 3.65. The van der Waals surface area contributed by atoms with Crippen LogP contribution in [0, 0.1) is 5.82 Å². The summed E-state index contributed by atoms with van der Waals surface area (Å²) in [5.74, 6) is 1.35. The Morgan fingerprint density at radius 2 is 1.64 bits per heavy atom. The molecule has 33 heavy (non-hydrogen) atoms. The van der Waals surface area contributed by atoms with Gasteiger partial charge in [-0.1, -0.05) is 66.4 Å². The molecule has 3 aromatic carbocycles. The fraction of sp³-hybridized carbons (Fsp3) is 0.231. The van der Waals surface area contributed by atoms with E-state index in [1.54, 1.807) is 18.2 Å². The molecule has 1 aliphatic carbocycles. The lowest BCUT2D eigenvalue weighted by atomic mass is 10.1. The highest BCUT2D eigenvalue weighted by Gasteiger charge is 2.31. The van der Waals surface area contributed by atoms with Crippen LogP contribution in [0.1, 0.15) is 18.9 Å². The van der Waals surface area contributed by atoms with Gasteiger partial charge < -0.3 is 9.84 Å². The van der Waals surface area contributed by atoms with Gasteiger partial charge in [0.15, 0.2) is 11.0 Å². The number of rotatable bonds is 9. The van der Waals surface area contributed by atoms with Crippen molar-refractivity contribution >= 4 is 11.8 Å². The molecule has 0 aliphatic heterocycles. The Kier molecular flexibility index (Phi) is 6.41. The highest BCUT2D eigenvalue weighted by atomic mass is 32.2. The molecule has 168 valence electrons. The lowest BCUT2D eigenvalue weighted by molar-refractivity contribution is 0.126. The third kappa shape index (κ3) is 5.10. The number of hydrogen-bond acceptors (Lipinski definition) is 5. The van der Waals surface area contributed by atoms with E-state index in [0.717, 1.165) is 24.0 Å². The number of hydrogen-bond donors (Lipinski definition) is 1. The van der Waals surface area contributed by atoms with Crippen molar-refractivity contribution in [2.45, 2.75) is 30.1 Å². The first-order valence-electron chi connectivity index (χ1n) is 11.0. The van der Waals surface area contributed by atoms with Crippen LogP contribution < -0.4 is 4.74 Å². The van der Waals surface area contributed by atoms with Crippen molar-refractivity contribution in [3.05, 3.63) is 84.7 Å². The zero-order valence-electron chi connectivity index (χ0n) is 18.0. The Hall–Kier alpha value is -3.16. The monoisotopic (exact) mass is 461 g/mol. The van der Waals surface area contributed by atoms with E-state index in [4.69, 9.17) is 4.74 Å². The highest BCUT2D eigenvalue weighted by molar-refractivity contribution is 7.99. The molecule has 0 saturated heterocycles. The maximum atomic E-state index is 14.3.